The van der Waals surface area contributed by atoms with Crippen LogP contribution in [0.5, 0.6) is 0 Å². The maximum atomic E-state index is 11.5. The van der Waals surface area contributed by atoms with Crippen molar-refractivity contribution in [1.29, 1.82) is 0 Å². The van der Waals surface area contributed by atoms with Crippen LogP contribution < -0.4 is 5.73 Å². The maximum Gasteiger partial charge on any atom is 0.359 e. The lowest BCUT2D eigenvalue weighted by atomic mass is 10.1. The number of anilines is 1. The molecule has 0 saturated heterocycles. The fraction of sp³-hybridized carbons (Fsp3) is 0.455. The van der Waals surface area contributed by atoms with Crippen molar-refractivity contribution in [3.05, 3.63) is 24.0 Å². The van der Waals surface area contributed by atoms with Gasteiger partial charge in [0.05, 0.1) is 12.3 Å². The van der Waals surface area contributed by atoms with E-state index in [1.807, 2.05) is 0 Å². The molecule has 82 valence electrons. The summed E-state index contributed by atoms with van der Waals surface area (Å²) in [6, 6.07) is 3.31. The van der Waals surface area contributed by atoms with E-state index in [0.29, 0.717) is 18.2 Å². The average Bonchev–Trinajstić information content (AvgIpc) is 2.17. The number of carbonyl (C=O) groups excluding carboxylic acids is 1. The Morgan fingerprint density at radius 3 is 2.93 bits per heavy atom. The quantitative estimate of drug-likeness (QED) is 0.767. The molecule has 1 aromatic heterocycles. The molecule has 0 amide bonds. The number of aromatic nitrogens is 1. The second-order valence-electron chi connectivity index (χ2n) is 3.76. The summed E-state index contributed by atoms with van der Waals surface area (Å²) < 4.78 is 5.04. The largest absolute Gasteiger partial charge is 0.461 e. The number of hydrogen-bond acceptors (Lipinski definition) is 4. The first-order chi connectivity index (χ1) is 7.11. The zero-order valence-corrected chi connectivity index (χ0v) is 9.06. The number of esters is 1. The molecule has 0 aliphatic carbocycles. The lowest BCUT2D eigenvalue weighted by Crippen LogP contribution is -2.12. The van der Waals surface area contributed by atoms with Gasteiger partial charge >= 0.3 is 5.97 Å². The molecule has 0 aliphatic rings. The zero-order valence-electron chi connectivity index (χ0n) is 9.06. The van der Waals surface area contributed by atoms with Gasteiger partial charge in [-0.15, -0.1) is 0 Å². The molecule has 1 heterocycles. The van der Waals surface area contributed by atoms with Crippen LogP contribution in [0.15, 0.2) is 18.3 Å². The summed E-state index contributed by atoms with van der Waals surface area (Å²) in [6.07, 6.45) is 2.37. The van der Waals surface area contributed by atoms with Crippen LogP contribution >= 0.6 is 0 Å². The number of ether oxygens (including phenoxy) is 1. The van der Waals surface area contributed by atoms with Crippen molar-refractivity contribution < 1.29 is 9.53 Å². The van der Waals surface area contributed by atoms with E-state index in [9.17, 15) is 4.79 Å². The predicted molar refractivity (Wildman–Crippen MR) is 58.4 cm³/mol. The summed E-state index contributed by atoms with van der Waals surface area (Å²) in [5.74, 6) is 0.0626. The van der Waals surface area contributed by atoms with Gasteiger partial charge in [0.1, 0.15) is 0 Å². The molecule has 0 aromatic carbocycles. The monoisotopic (exact) mass is 208 g/mol. The molecule has 0 bridgehead atoms. The summed E-state index contributed by atoms with van der Waals surface area (Å²) in [4.78, 5) is 15.4. The Balaban J connectivity index is 2.51. The molecule has 0 fully saturated rings. The molecule has 4 heteroatoms. The second kappa shape index (κ2) is 5.34. The molecule has 1 rings (SSSR count). The molecule has 0 spiro atoms. The van der Waals surface area contributed by atoms with E-state index in [2.05, 4.69) is 18.8 Å². The van der Waals surface area contributed by atoms with E-state index in [1.54, 1.807) is 12.1 Å². The number of rotatable bonds is 4. The van der Waals surface area contributed by atoms with Crippen molar-refractivity contribution in [2.45, 2.75) is 20.3 Å². The topological polar surface area (TPSA) is 65.2 Å². The molecule has 0 radical (unpaired) electrons. The fourth-order valence-electron chi connectivity index (χ4n) is 1.04. The highest BCUT2D eigenvalue weighted by molar-refractivity contribution is 5.92. The Hall–Kier alpha value is -1.58. The molecular weight excluding hydrogens is 192 g/mol. The lowest BCUT2D eigenvalue weighted by Gasteiger charge is -2.07. The highest BCUT2D eigenvalue weighted by Gasteiger charge is 2.11. The first-order valence-corrected chi connectivity index (χ1v) is 4.99. The van der Waals surface area contributed by atoms with Crippen LogP contribution in [0.4, 0.5) is 5.69 Å². The van der Waals surface area contributed by atoms with Gasteiger partial charge in [-0.2, -0.15) is 0 Å². The third-order valence-corrected chi connectivity index (χ3v) is 1.96. The summed E-state index contributed by atoms with van der Waals surface area (Å²) in [7, 11) is 0. The van der Waals surface area contributed by atoms with Gasteiger partial charge in [-0.1, -0.05) is 13.8 Å². The minimum atomic E-state index is -0.450. The van der Waals surface area contributed by atoms with Gasteiger partial charge in [-0.3, -0.25) is 0 Å². The zero-order chi connectivity index (χ0) is 11.3. The first kappa shape index (κ1) is 11.5. The van der Waals surface area contributed by atoms with Gasteiger partial charge in [0.25, 0.3) is 0 Å². The fourth-order valence-corrected chi connectivity index (χ4v) is 1.04. The minimum Gasteiger partial charge on any atom is -0.461 e. The van der Waals surface area contributed by atoms with Gasteiger partial charge in [-0.05, 0) is 24.5 Å². The Bertz CT molecular complexity index is 337. The van der Waals surface area contributed by atoms with Crippen molar-refractivity contribution in [3.63, 3.8) is 0 Å². The molecule has 0 unspecified atom stereocenters. The smallest absolute Gasteiger partial charge is 0.359 e. The lowest BCUT2D eigenvalue weighted by molar-refractivity contribution is 0.0482. The number of nitrogens with two attached hydrogens (primary N) is 1. The Morgan fingerprint density at radius 1 is 1.60 bits per heavy atom. The number of pyridine rings is 1. The highest BCUT2D eigenvalue weighted by atomic mass is 16.5. The molecule has 0 saturated carbocycles. The summed E-state index contributed by atoms with van der Waals surface area (Å²) in [5, 5.41) is 0. The summed E-state index contributed by atoms with van der Waals surface area (Å²) in [5.41, 5.74) is 6.14. The highest BCUT2D eigenvalue weighted by Crippen LogP contribution is 2.09. The predicted octanol–water partition coefficient (Wildman–Crippen LogP) is 1.87. The van der Waals surface area contributed by atoms with Crippen molar-refractivity contribution in [2.75, 3.05) is 12.3 Å². The molecule has 0 atom stereocenters. The van der Waals surface area contributed by atoms with Crippen LogP contribution in [0, 0.1) is 5.92 Å². The molecule has 15 heavy (non-hydrogen) atoms. The van der Waals surface area contributed by atoms with Crippen LogP contribution in [0.3, 0.4) is 0 Å². The standard InChI is InChI=1S/C11H16N2O2/c1-8(2)5-7-15-11(14)10-9(12)4-3-6-13-10/h3-4,6,8H,5,7,12H2,1-2H3. The van der Waals surface area contributed by atoms with E-state index >= 15 is 0 Å². The number of carbonyl (C=O) groups is 1. The van der Waals surface area contributed by atoms with Crippen molar-refractivity contribution >= 4 is 11.7 Å². The van der Waals surface area contributed by atoms with Crippen molar-refractivity contribution in [3.8, 4) is 0 Å². The van der Waals surface area contributed by atoms with Crippen molar-refractivity contribution in [1.82, 2.24) is 4.98 Å². The Labute approximate surface area is 89.5 Å². The normalized spacial score (nSPS) is 10.3. The van der Waals surface area contributed by atoms with E-state index < -0.39 is 5.97 Å². The van der Waals surface area contributed by atoms with Gasteiger partial charge in [0, 0.05) is 6.20 Å². The van der Waals surface area contributed by atoms with Gasteiger partial charge in [0.15, 0.2) is 5.69 Å². The average molecular weight is 208 g/mol. The molecule has 4 nitrogen and oxygen atoms in total. The molecular formula is C11H16N2O2. The summed E-state index contributed by atoms with van der Waals surface area (Å²) in [6.45, 7) is 4.55. The first-order valence-electron chi connectivity index (χ1n) is 4.99. The van der Waals surface area contributed by atoms with E-state index in [0.717, 1.165) is 6.42 Å². The van der Waals surface area contributed by atoms with Crippen LogP contribution in [-0.2, 0) is 4.74 Å². The minimum absolute atomic E-state index is 0.196. The van der Waals surface area contributed by atoms with Gasteiger partial charge in [-0.25, -0.2) is 9.78 Å². The third-order valence-electron chi connectivity index (χ3n) is 1.96. The third kappa shape index (κ3) is 3.58. The molecule has 1 aromatic rings. The van der Waals surface area contributed by atoms with E-state index in [4.69, 9.17) is 10.5 Å². The number of nitrogen functional groups attached to an aromatic ring is 1. The SMILES string of the molecule is CC(C)CCOC(=O)c1ncccc1N. The molecule has 0 aliphatic heterocycles. The van der Waals surface area contributed by atoms with Gasteiger partial charge < -0.3 is 10.5 Å². The van der Waals surface area contributed by atoms with E-state index in [1.165, 1.54) is 6.20 Å². The van der Waals surface area contributed by atoms with Crippen LogP contribution in [0.1, 0.15) is 30.8 Å². The Morgan fingerprint density at radius 2 is 2.33 bits per heavy atom. The van der Waals surface area contributed by atoms with Crippen LogP contribution in [0.25, 0.3) is 0 Å². The van der Waals surface area contributed by atoms with Gasteiger partial charge in [0.2, 0.25) is 0 Å². The number of nitrogens with zero attached hydrogens (tertiary/aromatic N) is 1. The molecule has 2 N–H and O–H groups in total. The Kier molecular flexibility index (Phi) is 4.09. The maximum absolute atomic E-state index is 11.5. The van der Waals surface area contributed by atoms with Crippen LogP contribution in [0.2, 0.25) is 0 Å². The summed E-state index contributed by atoms with van der Waals surface area (Å²) >= 11 is 0. The van der Waals surface area contributed by atoms with E-state index in [-0.39, 0.29) is 5.69 Å². The second-order valence-corrected chi connectivity index (χ2v) is 3.76. The number of hydrogen-bond donors (Lipinski definition) is 1. The van der Waals surface area contributed by atoms with Crippen LogP contribution in [-0.4, -0.2) is 17.6 Å². The van der Waals surface area contributed by atoms with Crippen molar-refractivity contribution in [2.24, 2.45) is 5.92 Å².